The van der Waals surface area contributed by atoms with Gasteiger partial charge < -0.3 is 9.80 Å². The maximum Gasteiger partial charge on any atom is 0.272 e. The van der Waals surface area contributed by atoms with Crippen molar-refractivity contribution in [2.45, 2.75) is 6.92 Å². The van der Waals surface area contributed by atoms with Crippen molar-refractivity contribution in [3.05, 3.63) is 72.8 Å². The van der Waals surface area contributed by atoms with Crippen molar-refractivity contribution < 1.29 is 0 Å². The van der Waals surface area contributed by atoms with E-state index in [1.54, 1.807) is 23.1 Å². The van der Waals surface area contributed by atoms with Crippen molar-refractivity contribution >= 4 is 17.4 Å². The Hall–Kier alpha value is -4.47. The lowest BCUT2D eigenvalue weighted by molar-refractivity contribution is 0.640. The molecule has 1 aromatic carbocycles. The van der Waals surface area contributed by atoms with Crippen LogP contribution < -0.4 is 9.80 Å². The Labute approximate surface area is 196 Å². The lowest BCUT2D eigenvalue weighted by atomic mass is 10.2. The molecule has 0 saturated carbocycles. The number of hydrogen-bond acceptors (Lipinski definition) is 9. The van der Waals surface area contributed by atoms with Gasteiger partial charge in [0, 0.05) is 56.0 Å². The van der Waals surface area contributed by atoms with Gasteiger partial charge in [0.15, 0.2) is 5.82 Å². The van der Waals surface area contributed by atoms with E-state index in [1.807, 2.05) is 31.2 Å². The van der Waals surface area contributed by atoms with Crippen LogP contribution in [-0.4, -0.2) is 65.9 Å². The molecular formula is C24H22N10. The van der Waals surface area contributed by atoms with Crippen molar-refractivity contribution in [3.8, 4) is 22.8 Å². The Bertz CT molecular complexity index is 1430. The summed E-state index contributed by atoms with van der Waals surface area (Å²) >= 11 is 0. The standard InChI is InChI=1S/C24H22N10/c1-17-21(29-30-24-28-22(31-34(17)24)18-7-10-25-11-8-18)20-9-12-26-23(27-20)33-15-13-32(14-16-33)19-5-3-2-4-6-19/h2-12H,13-16H2,1H3. The summed E-state index contributed by atoms with van der Waals surface area (Å²) in [6.07, 6.45) is 5.20. The number of aryl methyl sites for hydroxylation is 1. The van der Waals surface area contributed by atoms with Gasteiger partial charge in [0.2, 0.25) is 5.95 Å². The smallest absolute Gasteiger partial charge is 0.272 e. The third-order valence-corrected chi connectivity index (χ3v) is 6.00. The van der Waals surface area contributed by atoms with E-state index in [-0.39, 0.29) is 0 Å². The molecule has 168 valence electrons. The van der Waals surface area contributed by atoms with E-state index in [4.69, 9.17) is 4.98 Å². The maximum absolute atomic E-state index is 4.82. The van der Waals surface area contributed by atoms with Crippen molar-refractivity contribution in [3.63, 3.8) is 0 Å². The van der Waals surface area contributed by atoms with Crippen LogP contribution in [0.5, 0.6) is 0 Å². The lowest BCUT2D eigenvalue weighted by Gasteiger charge is -2.36. The van der Waals surface area contributed by atoms with Crippen molar-refractivity contribution in [2.75, 3.05) is 36.0 Å². The highest BCUT2D eigenvalue weighted by Crippen LogP contribution is 2.23. The summed E-state index contributed by atoms with van der Waals surface area (Å²) in [6.45, 7) is 5.47. The van der Waals surface area contributed by atoms with E-state index in [9.17, 15) is 0 Å². The van der Waals surface area contributed by atoms with E-state index < -0.39 is 0 Å². The number of benzene rings is 1. The molecule has 0 radical (unpaired) electrons. The minimum absolute atomic E-state index is 0.444. The van der Waals surface area contributed by atoms with Gasteiger partial charge in [-0.1, -0.05) is 18.2 Å². The minimum Gasteiger partial charge on any atom is -0.368 e. The zero-order valence-corrected chi connectivity index (χ0v) is 18.7. The van der Waals surface area contributed by atoms with E-state index in [0.717, 1.165) is 37.4 Å². The number of aromatic nitrogens is 8. The summed E-state index contributed by atoms with van der Waals surface area (Å²) in [5, 5.41) is 13.3. The predicted octanol–water partition coefficient (Wildman–Crippen LogP) is 2.67. The fraction of sp³-hybridized carbons (Fsp3) is 0.208. The monoisotopic (exact) mass is 450 g/mol. The zero-order chi connectivity index (χ0) is 22.9. The summed E-state index contributed by atoms with van der Waals surface area (Å²) < 4.78 is 1.71. The number of anilines is 2. The molecule has 6 rings (SSSR count). The predicted molar refractivity (Wildman–Crippen MR) is 128 cm³/mol. The summed E-state index contributed by atoms with van der Waals surface area (Å²) in [5.41, 5.74) is 4.31. The van der Waals surface area contributed by atoms with E-state index in [1.165, 1.54) is 5.69 Å². The van der Waals surface area contributed by atoms with Crippen LogP contribution in [0, 0.1) is 6.92 Å². The molecule has 1 fully saturated rings. The second-order valence-corrected chi connectivity index (χ2v) is 8.07. The molecule has 1 aliphatic rings. The van der Waals surface area contributed by atoms with Crippen LogP contribution in [0.25, 0.3) is 28.6 Å². The normalized spacial score (nSPS) is 14.0. The first-order valence-corrected chi connectivity index (χ1v) is 11.1. The lowest BCUT2D eigenvalue weighted by Crippen LogP contribution is -2.47. The Balaban J connectivity index is 1.26. The highest BCUT2D eigenvalue weighted by molar-refractivity contribution is 5.61. The van der Waals surface area contributed by atoms with Crippen molar-refractivity contribution in [2.24, 2.45) is 0 Å². The summed E-state index contributed by atoms with van der Waals surface area (Å²) in [4.78, 5) is 22.5. The maximum atomic E-state index is 4.82. The molecule has 0 unspecified atom stereocenters. The highest BCUT2D eigenvalue weighted by atomic mass is 15.4. The minimum atomic E-state index is 0.444. The first-order chi connectivity index (χ1) is 16.8. The highest BCUT2D eigenvalue weighted by Gasteiger charge is 2.21. The Kier molecular flexibility index (Phi) is 5.02. The Morgan fingerprint density at radius 3 is 2.32 bits per heavy atom. The Morgan fingerprint density at radius 1 is 0.765 bits per heavy atom. The third kappa shape index (κ3) is 3.68. The van der Waals surface area contributed by atoms with Gasteiger partial charge in [0.05, 0.1) is 11.4 Å². The van der Waals surface area contributed by atoms with Crippen LogP contribution >= 0.6 is 0 Å². The van der Waals surface area contributed by atoms with Crippen molar-refractivity contribution in [1.29, 1.82) is 0 Å². The van der Waals surface area contributed by atoms with Gasteiger partial charge >= 0.3 is 0 Å². The first-order valence-electron chi connectivity index (χ1n) is 11.1. The molecule has 0 atom stereocenters. The van der Waals surface area contributed by atoms with Gasteiger partial charge in [-0.15, -0.1) is 15.3 Å². The second kappa shape index (κ2) is 8.47. The molecule has 4 aromatic heterocycles. The average Bonchev–Trinajstić information content (AvgIpc) is 3.36. The molecule has 10 heteroatoms. The number of hydrogen-bond donors (Lipinski definition) is 0. The second-order valence-electron chi connectivity index (χ2n) is 8.07. The van der Waals surface area contributed by atoms with Crippen LogP contribution in [0.4, 0.5) is 11.6 Å². The number of nitrogens with zero attached hydrogens (tertiary/aromatic N) is 10. The fourth-order valence-corrected chi connectivity index (χ4v) is 4.16. The van der Waals surface area contributed by atoms with E-state index >= 15 is 0 Å². The van der Waals surface area contributed by atoms with Crippen LogP contribution in [-0.2, 0) is 0 Å². The molecule has 5 heterocycles. The van der Waals surface area contributed by atoms with Gasteiger partial charge in [-0.3, -0.25) is 4.98 Å². The van der Waals surface area contributed by atoms with Gasteiger partial charge in [0.1, 0.15) is 5.69 Å². The molecule has 10 nitrogen and oxygen atoms in total. The average molecular weight is 451 g/mol. The quantitative estimate of drug-likeness (QED) is 0.409. The topological polar surface area (TPSA) is 101 Å². The molecule has 0 bridgehead atoms. The Morgan fingerprint density at radius 2 is 1.53 bits per heavy atom. The van der Waals surface area contributed by atoms with E-state index in [2.05, 4.69) is 64.3 Å². The SMILES string of the molecule is Cc1c(-c2ccnc(N3CCN(c4ccccc4)CC3)n2)nnc2nc(-c3ccncc3)nn12. The summed E-state index contributed by atoms with van der Waals surface area (Å²) in [5.74, 6) is 1.72. The number of fused-ring (bicyclic) bond motifs is 1. The molecule has 1 saturated heterocycles. The fourth-order valence-electron chi connectivity index (χ4n) is 4.16. The van der Waals surface area contributed by atoms with Crippen molar-refractivity contribution in [1.82, 2.24) is 39.7 Å². The molecule has 34 heavy (non-hydrogen) atoms. The molecule has 1 aliphatic heterocycles. The van der Waals surface area contributed by atoms with Crippen LogP contribution in [0.15, 0.2) is 67.1 Å². The summed E-state index contributed by atoms with van der Waals surface area (Å²) in [6, 6.07) is 16.1. The molecule has 0 spiro atoms. The van der Waals surface area contributed by atoms with Gasteiger partial charge in [-0.05, 0) is 37.3 Å². The number of piperazine rings is 1. The van der Waals surface area contributed by atoms with Crippen LogP contribution in [0.3, 0.4) is 0 Å². The third-order valence-electron chi connectivity index (χ3n) is 6.00. The number of rotatable bonds is 4. The van der Waals surface area contributed by atoms with Crippen LogP contribution in [0.2, 0.25) is 0 Å². The van der Waals surface area contributed by atoms with Gasteiger partial charge in [-0.2, -0.15) is 9.50 Å². The molecular weight excluding hydrogens is 428 g/mol. The van der Waals surface area contributed by atoms with Gasteiger partial charge in [0.25, 0.3) is 5.78 Å². The number of para-hydroxylation sites is 1. The van der Waals surface area contributed by atoms with Gasteiger partial charge in [-0.25, -0.2) is 9.97 Å². The van der Waals surface area contributed by atoms with E-state index in [0.29, 0.717) is 28.9 Å². The van der Waals surface area contributed by atoms with Crippen LogP contribution in [0.1, 0.15) is 5.69 Å². The first kappa shape index (κ1) is 20.2. The largest absolute Gasteiger partial charge is 0.368 e. The molecule has 0 amide bonds. The summed E-state index contributed by atoms with van der Waals surface area (Å²) in [7, 11) is 0. The molecule has 5 aromatic rings. The number of pyridine rings is 1. The zero-order valence-electron chi connectivity index (χ0n) is 18.7. The molecule has 0 aliphatic carbocycles. The molecule has 0 N–H and O–H groups in total.